The molecule has 6 aliphatic heterocycles. The molecule has 6 aliphatic rings. The van der Waals surface area contributed by atoms with Gasteiger partial charge in [-0.1, -0.05) is 0 Å². The maximum atomic E-state index is 13.5. The average molecular weight is 1150 g/mol. The Balaban J connectivity index is 1.43. The minimum atomic E-state index is -3.38. The largest absolute Gasteiger partial charge is 0.477 e. The zero-order valence-electron chi connectivity index (χ0n) is 41.8. The molecule has 0 aliphatic carbocycles. The van der Waals surface area contributed by atoms with Gasteiger partial charge in [0.25, 0.3) is 5.79 Å². The Kier molecular flexibility index (Phi) is 22.4. The van der Waals surface area contributed by atoms with E-state index in [-0.39, 0.29) is 0 Å². The van der Waals surface area contributed by atoms with Crippen LogP contribution in [0.4, 0.5) is 0 Å². The van der Waals surface area contributed by atoms with Crippen LogP contribution in [-0.2, 0) is 66.5 Å². The van der Waals surface area contributed by atoms with Crippen LogP contribution in [0.25, 0.3) is 0 Å². The predicted octanol–water partition coefficient (Wildman–Crippen LogP) is -13.6. The molecule has 0 spiro atoms. The second kappa shape index (κ2) is 27.1. The highest BCUT2D eigenvalue weighted by atomic mass is 16.8. The fraction of sp³-hybridized carbons (Fsp3) is 0.930. The highest BCUT2D eigenvalue weighted by molar-refractivity contribution is 5.76. The Labute approximate surface area is 441 Å². The molecule has 0 aromatic heterocycles. The quantitative estimate of drug-likeness (QED) is 0.0538. The van der Waals surface area contributed by atoms with Gasteiger partial charge in [0.15, 0.2) is 31.5 Å². The van der Waals surface area contributed by atoms with Crippen molar-refractivity contribution in [1.82, 2.24) is 10.6 Å². The summed E-state index contributed by atoms with van der Waals surface area (Å²) in [6.07, 6.45) is -58.8. The highest BCUT2D eigenvalue weighted by Crippen LogP contribution is 2.41. The van der Waals surface area contributed by atoms with E-state index in [9.17, 15) is 111 Å². The van der Waals surface area contributed by atoms with Crippen molar-refractivity contribution in [3.8, 4) is 0 Å². The lowest BCUT2D eigenvalue weighted by Crippen LogP contribution is -2.72. The molecule has 0 saturated carbocycles. The topological polar surface area (TPSA) is 561 Å². The molecule has 78 heavy (non-hydrogen) atoms. The standard InChI is InChI=1S/C43H72N2O33/c1-10-21(55)25(59)29(63)39(68-10)76-36-26(60)23(57)15(6-47)71-41(36)75-33-20(45-12(3)52)38(70-16(7-48)24(33)58)74-32-18(9-50)72-40(73-31-17(8-49)69-37(65)28(62)27(31)61)30(64)35(32)78-43(42(66)67)4-13(53)19(44-11(2)51)34(77-43)22(56)14(54)5-46/h10,13-41,46-50,53-65H,4-9H2,1-3H3,(H,44,51)(H,45,52)(H,66,67)/t10?,13-,14-,15?,16?,17?,18?,19-,20?,21-,22-,23+,24+,25+,26?,27?,28+,29?,30?,31-,32+,33-,34?,35?,36+,37-,38-,39+,40+,41+,43+/m1/s1. The molecule has 0 aromatic rings. The van der Waals surface area contributed by atoms with Crippen LogP contribution >= 0.6 is 0 Å². The van der Waals surface area contributed by atoms with Crippen molar-refractivity contribution in [2.75, 3.05) is 33.0 Å². The molecule has 21 N–H and O–H groups in total. The third kappa shape index (κ3) is 13.5. The van der Waals surface area contributed by atoms with Gasteiger partial charge < -0.3 is 160 Å². The Bertz CT molecular complexity index is 1950. The number of carbonyl (C=O) groups excluding carboxylic acids is 2. The van der Waals surface area contributed by atoms with Crippen molar-refractivity contribution in [1.29, 1.82) is 0 Å². The Hall–Kier alpha value is -2.75. The fourth-order valence-corrected chi connectivity index (χ4v) is 9.95. The first-order chi connectivity index (χ1) is 36.7. The maximum absolute atomic E-state index is 13.5. The summed E-state index contributed by atoms with van der Waals surface area (Å²) in [5, 5.41) is 209. The molecule has 35 nitrogen and oxygen atoms in total. The van der Waals surface area contributed by atoms with Crippen molar-refractivity contribution in [2.45, 2.75) is 217 Å². The van der Waals surface area contributed by atoms with Crippen LogP contribution in [0, 0.1) is 0 Å². The molecule has 6 fully saturated rings. The van der Waals surface area contributed by atoms with Gasteiger partial charge in [-0.3, -0.25) is 9.59 Å². The monoisotopic (exact) mass is 1140 g/mol. The number of ether oxygens (including phenoxy) is 11. The first-order valence-electron chi connectivity index (χ1n) is 24.6. The second-order valence-electron chi connectivity index (χ2n) is 19.6. The molecule has 6 saturated heterocycles. The summed E-state index contributed by atoms with van der Waals surface area (Å²) < 4.78 is 63.9. The Morgan fingerprint density at radius 1 is 0.526 bits per heavy atom. The number of rotatable bonds is 20. The number of hydrogen-bond acceptors (Lipinski definition) is 32. The van der Waals surface area contributed by atoms with Gasteiger partial charge >= 0.3 is 5.97 Å². The lowest BCUT2D eigenvalue weighted by Gasteiger charge is -2.53. The minimum Gasteiger partial charge on any atom is -0.477 e. The van der Waals surface area contributed by atoms with Crippen molar-refractivity contribution >= 4 is 17.8 Å². The van der Waals surface area contributed by atoms with Gasteiger partial charge in [0.05, 0.1) is 51.3 Å². The fourth-order valence-electron chi connectivity index (χ4n) is 9.95. The number of carboxylic acids is 1. The SMILES string of the molecule is CC(=O)NC1[C@@H](O[C@H]2C(CO)O[C@@H](O[C@@H]3C(CO)O[C@@H](O)[C@@H](O)C3O)C(O)C2O[C@]2(C(=O)O)C[C@@H](O)[C@@H](NC(C)=O)C([C@H](O)[C@H](O)CO)O2)OC(CO)[C@H](O)[C@@H]1O[C@@H]1OC(CO)[C@H](O)C(O)[C@@H]1O[C@@H]1OC(C)[C@@H](O)[C@H](O)C1O. The molecule has 31 atom stereocenters. The third-order valence-electron chi connectivity index (χ3n) is 14.2. The van der Waals surface area contributed by atoms with Crippen LogP contribution < -0.4 is 10.6 Å². The second-order valence-corrected chi connectivity index (χ2v) is 19.6. The van der Waals surface area contributed by atoms with E-state index in [1.165, 1.54) is 6.92 Å². The van der Waals surface area contributed by atoms with E-state index in [4.69, 9.17) is 52.1 Å². The number of carbonyl (C=O) groups is 3. The number of nitrogens with one attached hydrogen (secondary N) is 2. The van der Waals surface area contributed by atoms with Gasteiger partial charge in [-0.25, -0.2) is 4.79 Å². The lowest BCUT2D eigenvalue weighted by atomic mass is 9.88. The minimum absolute atomic E-state index is 0.879. The van der Waals surface area contributed by atoms with Crippen LogP contribution in [0.5, 0.6) is 0 Å². The van der Waals surface area contributed by atoms with E-state index >= 15 is 0 Å². The van der Waals surface area contributed by atoms with Gasteiger partial charge in [0.2, 0.25) is 11.8 Å². The van der Waals surface area contributed by atoms with Crippen molar-refractivity contribution in [3.63, 3.8) is 0 Å². The summed E-state index contributed by atoms with van der Waals surface area (Å²) in [7, 11) is 0. The van der Waals surface area contributed by atoms with Crippen molar-refractivity contribution in [3.05, 3.63) is 0 Å². The van der Waals surface area contributed by atoms with Gasteiger partial charge in [0, 0.05) is 20.3 Å². The first kappa shape index (κ1) is 64.4. The Morgan fingerprint density at radius 3 is 1.60 bits per heavy atom. The zero-order valence-corrected chi connectivity index (χ0v) is 41.8. The van der Waals surface area contributed by atoms with E-state index in [0.717, 1.165) is 13.8 Å². The smallest absolute Gasteiger partial charge is 0.364 e. The summed E-state index contributed by atoms with van der Waals surface area (Å²) in [6.45, 7) is -2.51. The normalized spacial score (nSPS) is 48.1. The molecule has 12 unspecified atom stereocenters. The predicted molar refractivity (Wildman–Crippen MR) is 238 cm³/mol. The number of carboxylic acid groups (broad SMARTS) is 1. The lowest BCUT2D eigenvalue weighted by molar-refractivity contribution is -0.405. The van der Waals surface area contributed by atoms with E-state index in [0.29, 0.717) is 0 Å². The molecular formula is C43H72N2O33. The highest BCUT2D eigenvalue weighted by Gasteiger charge is 2.62. The molecule has 6 rings (SSSR count). The zero-order chi connectivity index (χ0) is 58.0. The summed E-state index contributed by atoms with van der Waals surface area (Å²) >= 11 is 0. The van der Waals surface area contributed by atoms with E-state index in [1.807, 2.05) is 0 Å². The number of aliphatic hydroxyl groups excluding tert-OH is 18. The summed E-state index contributed by atoms with van der Waals surface area (Å²) in [5.74, 6) is -7.40. The van der Waals surface area contributed by atoms with Crippen LogP contribution in [0.15, 0.2) is 0 Å². The van der Waals surface area contributed by atoms with E-state index in [1.54, 1.807) is 0 Å². The van der Waals surface area contributed by atoms with E-state index in [2.05, 4.69) is 10.6 Å². The van der Waals surface area contributed by atoms with Gasteiger partial charge in [-0.15, -0.1) is 0 Å². The molecule has 0 aromatic carbocycles. The summed E-state index contributed by atoms with van der Waals surface area (Å²) in [5.41, 5.74) is 0. The molecule has 0 radical (unpaired) electrons. The first-order valence-corrected chi connectivity index (χ1v) is 24.6. The van der Waals surface area contributed by atoms with Crippen LogP contribution in [0.2, 0.25) is 0 Å². The molecule has 2 amide bonds. The number of hydrogen-bond donors (Lipinski definition) is 21. The molecule has 452 valence electrons. The van der Waals surface area contributed by atoms with Crippen LogP contribution in [0.3, 0.4) is 0 Å². The molecule has 35 heteroatoms. The molecular weight excluding hydrogens is 1070 g/mol. The summed E-state index contributed by atoms with van der Waals surface area (Å²) in [4.78, 5) is 38.9. The van der Waals surface area contributed by atoms with Gasteiger partial charge in [-0.2, -0.15) is 0 Å². The number of aliphatic hydroxyl groups is 18. The van der Waals surface area contributed by atoms with Gasteiger partial charge in [0.1, 0.15) is 134 Å². The summed E-state index contributed by atoms with van der Waals surface area (Å²) in [6, 6.07) is -3.74. The van der Waals surface area contributed by atoms with Crippen LogP contribution in [-0.4, -0.2) is 338 Å². The average Bonchev–Trinajstić information content (AvgIpc) is 3.48. The van der Waals surface area contributed by atoms with Crippen molar-refractivity contribution < 1.29 is 164 Å². The molecule has 6 heterocycles. The number of amides is 2. The number of aliphatic carboxylic acids is 1. The van der Waals surface area contributed by atoms with E-state index < -0.39 is 247 Å². The van der Waals surface area contributed by atoms with Crippen molar-refractivity contribution in [2.24, 2.45) is 0 Å². The maximum Gasteiger partial charge on any atom is 0.364 e. The Morgan fingerprint density at radius 2 is 1.03 bits per heavy atom. The van der Waals surface area contributed by atoms with Crippen LogP contribution in [0.1, 0.15) is 27.2 Å². The third-order valence-corrected chi connectivity index (χ3v) is 14.2. The molecule has 0 bridgehead atoms. The van der Waals surface area contributed by atoms with Gasteiger partial charge in [-0.05, 0) is 6.92 Å².